The first-order valence-electron chi connectivity index (χ1n) is 5.98. The molecular weight excluding hydrogens is 286 g/mol. The summed E-state index contributed by atoms with van der Waals surface area (Å²) < 4.78 is 0. The zero-order chi connectivity index (χ0) is 15.1. The summed E-state index contributed by atoms with van der Waals surface area (Å²) in [5.74, 6) is -1.69. The van der Waals surface area contributed by atoms with Crippen LogP contribution in [0.1, 0.15) is 13.8 Å². The molecule has 110 valence electrons. The molecule has 2 saturated heterocycles. The van der Waals surface area contributed by atoms with E-state index in [1.165, 1.54) is 30.5 Å². The van der Waals surface area contributed by atoms with Gasteiger partial charge in [0.2, 0.25) is 5.91 Å². The van der Waals surface area contributed by atoms with Crippen molar-refractivity contribution in [2.24, 2.45) is 0 Å². The van der Waals surface area contributed by atoms with Crippen LogP contribution in [0.3, 0.4) is 0 Å². The highest BCUT2D eigenvalue weighted by Gasteiger charge is 2.47. The Morgan fingerprint density at radius 2 is 2.05 bits per heavy atom. The van der Waals surface area contributed by atoms with E-state index in [-0.39, 0.29) is 12.4 Å². The predicted octanol–water partition coefficient (Wildman–Crippen LogP) is -0.697. The molecule has 2 rings (SSSR count). The number of carboxylic acid groups (broad SMARTS) is 1. The molecule has 2 aliphatic rings. The van der Waals surface area contributed by atoms with E-state index in [1.807, 2.05) is 0 Å². The van der Waals surface area contributed by atoms with E-state index in [2.05, 4.69) is 5.32 Å². The lowest BCUT2D eigenvalue weighted by Crippen LogP contribution is -2.67. The van der Waals surface area contributed by atoms with Crippen molar-refractivity contribution in [3.05, 3.63) is 0 Å². The van der Waals surface area contributed by atoms with Crippen LogP contribution in [0.2, 0.25) is 0 Å². The molecule has 0 bridgehead atoms. The minimum atomic E-state index is -1.19. The lowest BCUT2D eigenvalue weighted by atomic mass is 9.99. The normalized spacial score (nSPS) is 25.6. The number of nitrogens with zero attached hydrogens (tertiary/aromatic N) is 2. The van der Waals surface area contributed by atoms with Gasteiger partial charge in [0.1, 0.15) is 18.1 Å². The van der Waals surface area contributed by atoms with E-state index in [0.717, 1.165) is 4.90 Å². The van der Waals surface area contributed by atoms with Crippen molar-refractivity contribution in [1.82, 2.24) is 15.1 Å². The van der Waals surface area contributed by atoms with E-state index >= 15 is 0 Å². The number of amides is 4. The number of rotatable bonds is 1. The smallest absolute Gasteiger partial charge is 0.327 e. The van der Waals surface area contributed by atoms with E-state index in [0.29, 0.717) is 5.75 Å². The van der Waals surface area contributed by atoms with Crippen molar-refractivity contribution in [3.63, 3.8) is 0 Å². The highest BCUT2D eigenvalue weighted by Crippen LogP contribution is 2.26. The van der Waals surface area contributed by atoms with Gasteiger partial charge >= 0.3 is 12.0 Å². The molecule has 2 fully saturated rings. The summed E-state index contributed by atoms with van der Waals surface area (Å²) in [6.45, 7) is 2.78. The minimum absolute atomic E-state index is 0.234. The Labute approximate surface area is 119 Å². The van der Waals surface area contributed by atoms with Gasteiger partial charge in [-0.05, 0) is 13.8 Å². The van der Waals surface area contributed by atoms with Crippen molar-refractivity contribution in [2.75, 3.05) is 18.2 Å². The van der Waals surface area contributed by atoms with Gasteiger partial charge in [-0.15, -0.1) is 11.8 Å². The number of thioether (sulfide) groups is 1. The number of carbonyl (C=O) groups is 4. The molecule has 0 saturated carbocycles. The Hall–Kier alpha value is -1.77. The summed E-state index contributed by atoms with van der Waals surface area (Å²) >= 11 is 1.32. The first kappa shape index (κ1) is 14.6. The fourth-order valence-electron chi connectivity index (χ4n) is 2.08. The summed E-state index contributed by atoms with van der Waals surface area (Å²) in [6.07, 6.45) is 0. The summed E-state index contributed by atoms with van der Waals surface area (Å²) in [5, 5.41) is 11.3. The van der Waals surface area contributed by atoms with Crippen LogP contribution < -0.4 is 5.32 Å². The maximum absolute atomic E-state index is 12.5. The monoisotopic (exact) mass is 301 g/mol. The quantitative estimate of drug-likeness (QED) is 0.620. The molecule has 1 atom stereocenters. The van der Waals surface area contributed by atoms with Crippen molar-refractivity contribution in [2.45, 2.75) is 25.4 Å². The summed E-state index contributed by atoms with van der Waals surface area (Å²) in [5.41, 5.74) is -1.19. The van der Waals surface area contributed by atoms with Crippen LogP contribution in [-0.4, -0.2) is 68.5 Å². The highest BCUT2D eigenvalue weighted by atomic mass is 32.2. The van der Waals surface area contributed by atoms with Crippen LogP contribution in [0, 0.1) is 0 Å². The van der Waals surface area contributed by atoms with Crippen molar-refractivity contribution < 1.29 is 24.3 Å². The van der Waals surface area contributed by atoms with Crippen LogP contribution >= 0.6 is 11.8 Å². The number of urea groups is 1. The number of aliphatic carboxylic acids is 1. The predicted molar refractivity (Wildman–Crippen MR) is 69.9 cm³/mol. The SMILES string of the molecule is CC1(C)C(=O)NC(=O)CN1C(=O)N1CSCC1C(=O)O. The molecule has 2 N–H and O–H groups in total. The molecule has 0 spiro atoms. The van der Waals surface area contributed by atoms with E-state index < -0.39 is 35.4 Å². The molecule has 4 amide bonds. The van der Waals surface area contributed by atoms with Gasteiger partial charge in [0.25, 0.3) is 5.91 Å². The average molecular weight is 301 g/mol. The van der Waals surface area contributed by atoms with Gasteiger partial charge in [-0.1, -0.05) is 0 Å². The molecule has 2 aliphatic heterocycles. The Morgan fingerprint density at radius 3 is 2.65 bits per heavy atom. The molecule has 0 aromatic carbocycles. The zero-order valence-electron chi connectivity index (χ0n) is 11.1. The van der Waals surface area contributed by atoms with Crippen molar-refractivity contribution in [3.8, 4) is 0 Å². The first-order valence-corrected chi connectivity index (χ1v) is 7.13. The first-order chi connectivity index (χ1) is 9.25. The molecule has 0 aromatic rings. The molecule has 8 nitrogen and oxygen atoms in total. The standard InChI is InChI=1S/C11H15N3O5S/c1-11(2)9(18)12-7(15)3-14(11)10(19)13-5-20-4-6(13)8(16)17/h6H,3-5H2,1-2H3,(H,16,17)(H,12,15,18). The van der Waals surface area contributed by atoms with Gasteiger partial charge in [0, 0.05) is 5.75 Å². The van der Waals surface area contributed by atoms with Gasteiger partial charge in [-0.3, -0.25) is 14.9 Å². The third kappa shape index (κ3) is 2.33. The summed E-state index contributed by atoms with van der Waals surface area (Å²) in [7, 11) is 0. The number of piperazine rings is 1. The molecule has 0 aromatic heterocycles. The maximum Gasteiger partial charge on any atom is 0.327 e. The molecular formula is C11H15N3O5S. The van der Waals surface area contributed by atoms with Gasteiger partial charge in [-0.25, -0.2) is 9.59 Å². The second-order valence-electron chi connectivity index (χ2n) is 5.13. The van der Waals surface area contributed by atoms with Crippen LogP contribution in [0.15, 0.2) is 0 Å². The molecule has 2 heterocycles. The Kier molecular flexibility index (Phi) is 3.63. The second-order valence-corrected chi connectivity index (χ2v) is 6.13. The third-order valence-corrected chi connectivity index (χ3v) is 4.44. The summed E-state index contributed by atoms with van der Waals surface area (Å²) in [4.78, 5) is 49.1. The van der Waals surface area contributed by atoms with E-state index in [1.54, 1.807) is 0 Å². The van der Waals surface area contributed by atoms with Crippen molar-refractivity contribution >= 4 is 35.6 Å². The Balaban J connectivity index is 2.25. The molecule has 0 radical (unpaired) electrons. The molecule has 9 heteroatoms. The number of carbonyl (C=O) groups excluding carboxylic acids is 3. The van der Waals surface area contributed by atoms with Crippen LogP contribution in [0.25, 0.3) is 0 Å². The van der Waals surface area contributed by atoms with Gasteiger partial charge in [0.05, 0.1) is 5.88 Å². The molecule has 20 heavy (non-hydrogen) atoms. The number of hydrogen-bond donors (Lipinski definition) is 2. The van der Waals surface area contributed by atoms with E-state index in [9.17, 15) is 19.2 Å². The number of nitrogens with one attached hydrogen (secondary N) is 1. The molecule has 1 unspecified atom stereocenters. The van der Waals surface area contributed by atoms with E-state index in [4.69, 9.17) is 5.11 Å². The highest BCUT2D eigenvalue weighted by molar-refractivity contribution is 7.99. The summed E-state index contributed by atoms with van der Waals surface area (Å²) in [6, 6.07) is -1.53. The minimum Gasteiger partial charge on any atom is -0.480 e. The Bertz CT molecular complexity index is 492. The van der Waals surface area contributed by atoms with Crippen LogP contribution in [-0.2, 0) is 14.4 Å². The fourth-order valence-corrected chi connectivity index (χ4v) is 3.22. The third-order valence-electron chi connectivity index (χ3n) is 3.43. The fraction of sp³-hybridized carbons (Fsp3) is 0.636. The largest absolute Gasteiger partial charge is 0.480 e. The number of imide groups is 1. The second kappa shape index (κ2) is 4.97. The number of carboxylic acids is 1. The van der Waals surface area contributed by atoms with Crippen LogP contribution in [0.5, 0.6) is 0 Å². The van der Waals surface area contributed by atoms with Crippen molar-refractivity contribution in [1.29, 1.82) is 0 Å². The maximum atomic E-state index is 12.5. The average Bonchev–Trinajstić information content (AvgIpc) is 2.82. The molecule has 0 aliphatic carbocycles. The van der Waals surface area contributed by atoms with Gasteiger partial charge in [-0.2, -0.15) is 0 Å². The van der Waals surface area contributed by atoms with Crippen LogP contribution in [0.4, 0.5) is 4.79 Å². The lowest BCUT2D eigenvalue weighted by Gasteiger charge is -2.42. The van der Waals surface area contributed by atoms with Gasteiger partial charge < -0.3 is 14.9 Å². The lowest BCUT2D eigenvalue weighted by molar-refractivity contribution is -0.143. The van der Waals surface area contributed by atoms with Gasteiger partial charge in [0.15, 0.2) is 0 Å². The topological polar surface area (TPSA) is 107 Å². The number of hydrogen-bond acceptors (Lipinski definition) is 5. The Morgan fingerprint density at radius 1 is 1.40 bits per heavy atom. The zero-order valence-corrected chi connectivity index (χ0v) is 11.9.